The lowest BCUT2D eigenvalue weighted by Gasteiger charge is -2.23. The van der Waals surface area contributed by atoms with Gasteiger partial charge >= 0.3 is 0 Å². The number of nitrogen functional groups attached to an aromatic ring is 1. The Labute approximate surface area is 103 Å². The number of rotatable bonds is 1. The van der Waals surface area contributed by atoms with E-state index in [1.165, 1.54) is 16.7 Å². The highest BCUT2D eigenvalue weighted by atomic mass is 14.5. The molecule has 0 saturated heterocycles. The minimum Gasteiger partial charge on any atom is -0.399 e. The summed E-state index contributed by atoms with van der Waals surface area (Å²) in [4.78, 5) is 0. The first-order valence-corrected chi connectivity index (χ1v) is 5.94. The Morgan fingerprint density at radius 3 is 2.24 bits per heavy atom. The van der Waals surface area contributed by atoms with Gasteiger partial charge in [0.05, 0.1) is 0 Å². The third-order valence-corrected chi connectivity index (χ3v) is 2.93. The number of benzene rings is 2. The molecule has 1 heteroatoms. The van der Waals surface area contributed by atoms with E-state index in [2.05, 4.69) is 51.1 Å². The molecule has 0 bridgehead atoms. The van der Waals surface area contributed by atoms with Crippen LogP contribution in [-0.2, 0) is 5.41 Å². The number of hydrogen-bond acceptors (Lipinski definition) is 1. The van der Waals surface area contributed by atoms with E-state index in [4.69, 9.17) is 5.73 Å². The predicted molar refractivity (Wildman–Crippen MR) is 75.0 cm³/mol. The van der Waals surface area contributed by atoms with Crippen LogP contribution in [0.3, 0.4) is 0 Å². The highest BCUT2D eigenvalue weighted by Crippen LogP contribution is 2.33. The van der Waals surface area contributed by atoms with E-state index in [9.17, 15) is 0 Å². The van der Waals surface area contributed by atoms with Crippen molar-refractivity contribution < 1.29 is 0 Å². The third kappa shape index (κ3) is 2.50. The van der Waals surface area contributed by atoms with Crippen molar-refractivity contribution in [1.29, 1.82) is 0 Å². The van der Waals surface area contributed by atoms with Crippen LogP contribution in [0.15, 0.2) is 48.5 Å². The molecule has 0 fully saturated rings. The van der Waals surface area contributed by atoms with Gasteiger partial charge in [0, 0.05) is 5.69 Å². The molecule has 0 aromatic heterocycles. The smallest absolute Gasteiger partial charge is 0.0320 e. The lowest BCUT2D eigenvalue weighted by atomic mass is 9.82. The highest BCUT2D eigenvalue weighted by Gasteiger charge is 2.17. The summed E-state index contributed by atoms with van der Waals surface area (Å²) in [5.41, 5.74) is 10.6. The largest absolute Gasteiger partial charge is 0.399 e. The fourth-order valence-corrected chi connectivity index (χ4v) is 2.10. The second kappa shape index (κ2) is 4.25. The quantitative estimate of drug-likeness (QED) is 0.722. The van der Waals surface area contributed by atoms with Crippen molar-refractivity contribution in [3.8, 4) is 11.1 Å². The second-order valence-electron chi connectivity index (χ2n) is 5.42. The van der Waals surface area contributed by atoms with Gasteiger partial charge in [0.2, 0.25) is 0 Å². The fraction of sp³-hybridized carbons (Fsp3) is 0.250. The number of nitrogens with two attached hydrogens (primary N) is 1. The molecule has 2 aromatic rings. The van der Waals surface area contributed by atoms with Crippen molar-refractivity contribution in [3.05, 3.63) is 54.1 Å². The van der Waals surface area contributed by atoms with Crippen LogP contribution >= 0.6 is 0 Å². The summed E-state index contributed by atoms with van der Waals surface area (Å²) < 4.78 is 0. The molecule has 2 rings (SSSR count). The zero-order valence-corrected chi connectivity index (χ0v) is 10.7. The zero-order chi connectivity index (χ0) is 12.5. The molecule has 0 atom stereocenters. The van der Waals surface area contributed by atoms with Crippen molar-refractivity contribution >= 4 is 5.69 Å². The van der Waals surface area contributed by atoms with Crippen LogP contribution in [0.25, 0.3) is 11.1 Å². The lowest BCUT2D eigenvalue weighted by molar-refractivity contribution is 0.592. The van der Waals surface area contributed by atoms with E-state index < -0.39 is 0 Å². The van der Waals surface area contributed by atoms with Crippen LogP contribution in [0.1, 0.15) is 26.3 Å². The van der Waals surface area contributed by atoms with Gasteiger partial charge in [-0.15, -0.1) is 0 Å². The summed E-state index contributed by atoms with van der Waals surface area (Å²) in [5.74, 6) is 0. The average molecular weight is 225 g/mol. The molecular formula is C16H19N. The molecule has 1 nitrogen and oxygen atoms in total. The van der Waals surface area contributed by atoms with E-state index in [-0.39, 0.29) is 5.41 Å². The lowest BCUT2D eigenvalue weighted by Crippen LogP contribution is -2.12. The van der Waals surface area contributed by atoms with Gasteiger partial charge in [0.1, 0.15) is 0 Å². The highest BCUT2D eigenvalue weighted by molar-refractivity contribution is 5.71. The first-order valence-electron chi connectivity index (χ1n) is 5.94. The van der Waals surface area contributed by atoms with E-state index in [1.807, 2.05) is 18.2 Å². The SMILES string of the molecule is CC(C)(C)c1ccccc1-c1cccc(N)c1. The maximum atomic E-state index is 5.86. The summed E-state index contributed by atoms with van der Waals surface area (Å²) in [5, 5.41) is 0. The van der Waals surface area contributed by atoms with Crippen LogP contribution in [0.5, 0.6) is 0 Å². The Morgan fingerprint density at radius 2 is 1.59 bits per heavy atom. The van der Waals surface area contributed by atoms with E-state index in [0.29, 0.717) is 0 Å². The van der Waals surface area contributed by atoms with Gasteiger partial charge < -0.3 is 5.73 Å². The normalized spacial score (nSPS) is 11.5. The molecule has 0 aliphatic heterocycles. The Kier molecular flexibility index (Phi) is 2.93. The van der Waals surface area contributed by atoms with Crippen molar-refractivity contribution in [2.24, 2.45) is 0 Å². The summed E-state index contributed by atoms with van der Waals surface area (Å²) in [6, 6.07) is 16.6. The summed E-state index contributed by atoms with van der Waals surface area (Å²) in [6.45, 7) is 6.70. The molecular weight excluding hydrogens is 206 g/mol. The molecule has 0 aliphatic rings. The van der Waals surface area contributed by atoms with Crippen molar-refractivity contribution in [2.45, 2.75) is 26.2 Å². The summed E-state index contributed by atoms with van der Waals surface area (Å²) in [7, 11) is 0. The Hall–Kier alpha value is -1.76. The molecule has 88 valence electrons. The molecule has 0 spiro atoms. The minimum absolute atomic E-state index is 0.140. The summed E-state index contributed by atoms with van der Waals surface area (Å²) >= 11 is 0. The van der Waals surface area contributed by atoms with Gasteiger partial charge in [-0.05, 0) is 34.2 Å². The minimum atomic E-state index is 0.140. The zero-order valence-electron chi connectivity index (χ0n) is 10.7. The molecule has 17 heavy (non-hydrogen) atoms. The standard InChI is InChI=1S/C16H19N/c1-16(2,3)15-10-5-4-9-14(15)12-7-6-8-13(17)11-12/h4-11H,17H2,1-3H3. The van der Waals surface area contributed by atoms with E-state index in [0.717, 1.165) is 5.69 Å². The van der Waals surface area contributed by atoms with Crippen LogP contribution in [0, 0.1) is 0 Å². The molecule has 0 saturated carbocycles. The van der Waals surface area contributed by atoms with Crippen LogP contribution < -0.4 is 5.73 Å². The van der Waals surface area contributed by atoms with Crippen LogP contribution in [0.2, 0.25) is 0 Å². The Balaban J connectivity index is 2.60. The van der Waals surface area contributed by atoms with Gasteiger partial charge in [-0.1, -0.05) is 57.2 Å². The van der Waals surface area contributed by atoms with Gasteiger partial charge in [0.25, 0.3) is 0 Å². The maximum absolute atomic E-state index is 5.86. The third-order valence-electron chi connectivity index (χ3n) is 2.93. The Bertz CT molecular complexity index is 521. The van der Waals surface area contributed by atoms with Crippen LogP contribution in [0.4, 0.5) is 5.69 Å². The van der Waals surface area contributed by atoms with E-state index in [1.54, 1.807) is 0 Å². The second-order valence-corrected chi connectivity index (χ2v) is 5.42. The molecule has 2 N–H and O–H groups in total. The first kappa shape index (κ1) is 11.7. The van der Waals surface area contributed by atoms with Gasteiger partial charge in [0.15, 0.2) is 0 Å². The van der Waals surface area contributed by atoms with Crippen molar-refractivity contribution in [1.82, 2.24) is 0 Å². The Morgan fingerprint density at radius 1 is 0.882 bits per heavy atom. The van der Waals surface area contributed by atoms with Gasteiger partial charge in [-0.25, -0.2) is 0 Å². The topological polar surface area (TPSA) is 26.0 Å². The molecule has 0 unspecified atom stereocenters. The first-order chi connectivity index (χ1) is 7.98. The van der Waals surface area contributed by atoms with Crippen molar-refractivity contribution in [3.63, 3.8) is 0 Å². The molecule has 0 radical (unpaired) electrons. The van der Waals surface area contributed by atoms with Crippen molar-refractivity contribution in [2.75, 3.05) is 5.73 Å². The number of hydrogen-bond donors (Lipinski definition) is 1. The monoisotopic (exact) mass is 225 g/mol. The molecule has 0 heterocycles. The molecule has 0 amide bonds. The molecule has 0 aliphatic carbocycles. The van der Waals surface area contributed by atoms with Gasteiger partial charge in [-0.2, -0.15) is 0 Å². The maximum Gasteiger partial charge on any atom is 0.0320 e. The van der Waals surface area contributed by atoms with Gasteiger partial charge in [-0.3, -0.25) is 0 Å². The molecule has 2 aromatic carbocycles. The number of anilines is 1. The predicted octanol–water partition coefficient (Wildman–Crippen LogP) is 4.23. The summed E-state index contributed by atoms with van der Waals surface area (Å²) in [6.07, 6.45) is 0. The van der Waals surface area contributed by atoms with E-state index >= 15 is 0 Å². The fourth-order valence-electron chi connectivity index (χ4n) is 2.10. The van der Waals surface area contributed by atoms with Crippen LogP contribution in [-0.4, -0.2) is 0 Å². The average Bonchev–Trinajstić information content (AvgIpc) is 2.28.